The molecule has 57 heavy (non-hydrogen) atoms. The van der Waals surface area contributed by atoms with Crippen LogP contribution in [0.2, 0.25) is 0 Å². The summed E-state index contributed by atoms with van der Waals surface area (Å²) >= 11 is 0. The van der Waals surface area contributed by atoms with E-state index in [1.54, 1.807) is 17.0 Å². The third-order valence-corrected chi connectivity index (χ3v) is 13.6. The molecule has 6 aliphatic rings. The molecule has 10 rings (SSSR count). The van der Waals surface area contributed by atoms with E-state index in [1.807, 2.05) is 12.1 Å². The van der Waals surface area contributed by atoms with Gasteiger partial charge in [0, 0.05) is 49.6 Å². The number of aryl methyl sites for hydroxylation is 1. The van der Waals surface area contributed by atoms with Gasteiger partial charge >= 0.3 is 0 Å². The Balaban J connectivity index is 0.738. The van der Waals surface area contributed by atoms with Crippen molar-refractivity contribution in [3.8, 4) is 5.75 Å². The molecular formula is C46H45N5O6. The minimum Gasteiger partial charge on any atom is -0.508 e. The predicted octanol–water partition coefficient (Wildman–Crippen LogP) is 5.10. The summed E-state index contributed by atoms with van der Waals surface area (Å²) in [5.74, 6) is -1.14. The monoisotopic (exact) mass is 763 g/mol. The Kier molecular flexibility index (Phi) is 8.55. The maximum Gasteiger partial charge on any atom is 0.262 e. The zero-order valence-electron chi connectivity index (χ0n) is 31.8. The van der Waals surface area contributed by atoms with Crippen molar-refractivity contribution >= 4 is 35.2 Å². The number of nitrogens with zero attached hydrogens (tertiary/aromatic N) is 4. The summed E-state index contributed by atoms with van der Waals surface area (Å²) < 4.78 is 0. The van der Waals surface area contributed by atoms with Crippen molar-refractivity contribution in [2.45, 2.75) is 69.5 Å². The fraction of sp³-hybridized carbons (Fsp3) is 0.370. The predicted molar refractivity (Wildman–Crippen MR) is 212 cm³/mol. The first-order valence-electron chi connectivity index (χ1n) is 20.2. The number of nitrogens with one attached hydrogen (secondary N) is 1. The third kappa shape index (κ3) is 6.19. The number of carbonyl (C=O) groups is 5. The van der Waals surface area contributed by atoms with E-state index in [0.29, 0.717) is 31.3 Å². The molecule has 0 bridgehead atoms. The number of hydrogen-bond donors (Lipinski definition) is 2. The number of piperidine rings is 2. The Morgan fingerprint density at radius 1 is 0.754 bits per heavy atom. The van der Waals surface area contributed by atoms with Gasteiger partial charge in [-0.05, 0) is 121 Å². The van der Waals surface area contributed by atoms with Gasteiger partial charge in [0.25, 0.3) is 11.8 Å². The molecule has 0 aromatic heterocycles. The van der Waals surface area contributed by atoms with Crippen LogP contribution < -0.4 is 10.2 Å². The maximum atomic E-state index is 13.5. The number of fused-ring (bicyclic) bond motifs is 3. The molecule has 5 aliphatic heterocycles. The molecule has 3 saturated heterocycles. The van der Waals surface area contributed by atoms with Gasteiger partial charge in [0.2, 0.25) is 17.7 Å². The number of benzene rings is 4. The largest absolute Gasteiger partial charge is 0.508 e. The molecule has 3 fully saturated rings. The normalized spacial score (nSPS) is 23.9. The van der Waals surface area contributed by atoms with Crippen molar-refractivity contribution in [1.29, 1.82) is 0 Å². The van der Waals surface area contributed by atoms with Crippen molar-refractivity contribution < 1.29 is 29.1 Å². The molecule has 4 aromatic rings. The Hall–Kier alpha value is -5.81. The smallest absolute Gasteiger partial charge is 0.262 e. The van der Waals surface area contributed by atoms with Gasteiger partial charge in [0.1, 0.15) is 11.8 Å². The van der Waals surface area contributed by atoms with Crippen molar-refractivity contribution in [3.05, 3.63) is 129 Å². The highest BCUT2D eigenvalue weighted by molar-refractivity contribution is 6.23. The first kappa shape index (κ1) is 35.6. The number of phenols is 1. The first-order chi connectivity index (χ1) is 27.6. The van der Waals surface area contributed by atoms with Crippen LogP contribution in [0.4, 0.5) is 5.69 Å². The van der Waals surface area contributed by atoms with Crippen LogP contribution >= 0.6 is 0 Å². The van der Waals surface area contributed by atoms with Gasteiger partial charge in [-0.3, -0.25) is 39.1 Å². The standard InChI is InChI=1S/C46H45N5O6/c52-34-11-13-36-30(20-34)8-12-35(28-4-2-1-3-5-28)42(36)29-6-9-33(10-7-29)50-26-46(27-50)16-18-48(19-17-46)25-41(54)49-23-31-21-37-38(22-32(31)24-49)45(57)51(44(37)56)39-14-15-40(53)47-43(39)55/h1-7,9-11,13,20-22,35,39,42,52H,8,12,14-19,23-27H2,(H,47,53,55)/t35-,39?,42+/m1/s1. The van der Waals surface area contributed by atoms with E-state index in [-0.39, 0.29) is 41.2 Å². The second kappa shape index (κ2) is 13.7. The second-order valence-corrected chi connectivity index (χ2v) is 17.0. The summed E-state index contributed by atoms with van der Waals surface area (Å²) in [6.07, 6.45) is 4.26. The van der Waals surface area contributed by atoms with Gasteiger partial charge in [-0.15, -0.1) is 0 Å². The number of rotatable bonds is 6. The Labute approximate surface area is 331 Å². The van der Waals surface area contributed by atoms with Crippen LogP contribution in [-0.2, 0) is 33.9 Å². The van der Waals surface area contributed by atoms with Crippen molar-refractivity contribution in [1.82, 2.24) is 20.0 Å². The molecule has 5 amide bonds. The summed E-state index contributed by atoms with van der Waals surface area (Å²) in [5, 5.41) is 12.4. The summed E-state index contributed by atoms with van der Waals surface area (Å²) in [4.78, 5) is 71.8. The van der Waals surface area contributed by atoms with Crippen LogP contribution in [0.5, 0.6) is 5.75 Å². The Bertz CT molecular complexity index is 2280. The van der Waals surface area contributed by atoms with E-state index in [2.05, 4.69) is 75.8 Å². The van der Waals surface area contributed by atoms with E-state index in [4.69, 9.17) is 0 Å². The molecule has 1 aliphatic carbocycles. The first-order valence-corrected chi connectivity index (χ1v) is 20.2. The number of phenolic OH excluding ortho intramolecular Hbond substituents is 1. The summed E-state index contributed by atoms with van der Waals surface area (Å²) in [6.45, 7) is 4.83. The van der Waals surface area contributed by atoms with Crippen molar-refractivity contribution in [2.75, 3.05) is 37.6 Å². The van der Waals surface area contributed by atoms with E-state index >= 15 is 0 Å². The zero-order chi connectivity index (χ0) is 39.0. The van der Waals surface area contributed by atoms with E-state index < -0.39 is 29.7 Å². The van der Waals surface area contributed by atoms with E-state index in [9.17, 15) is 29.1 Å². The second-order valence-electron chi connectivity index (χ2n) is 17.0. The van der Waals surface area contributed by atoms with Crippen LogP contribution in [0.15, 0.2) is 84.9 Å². The number of carbonyl (C=O) groups excluding carboxylic acids is 5. The lowest BCUT2D eigenvalue weighted by atomic mass is 9.69. The molecule has 1 unspecified atom stereocenters. The highest BCUT2D eigenvalue weighted by Crippen LogP contribution is 2.48. The van der Waals surface area contributed by atoms with E-state index in [0.717, 1.165) is 67.9 Å². The summed E-state index contributed by atoms with van der Waals surface area (Å²) in [5.41, 5.74) is 8.87. The van der Waals surface area contributed by atoms with Crippen molar-refractivity contribution in [2.24, 2.45) is 5.41 Å². The molecule has 5 heterocycles. The van der Waals surface area contributed by atoms with Gasteiger partial charge in [-0.2, -0.15) is 0 Å². The fourth-order valence-corrected chi connectivity index (χ4v) is 10.5. The minimum absolute atomic E-state index is 0.0346. The molecule has 0 radical (unpaired) electrons. The third-order valence-electron chi connectivity index (χ3n) is 13.6. The number of hydrogen-bond acceptors (Lipinski definition) is 8. The van der Waals surface area contributed by atoms with Gasteiger partial charge in [-0.25, -0.2) is 0 Å². The Morgan fingerprint density at radius 3 is 2.11 bits per heavy atom. The lowest BCUT2D eigenvalue weighted by Crippen LogP contribution is -2.61. The minimum atomic E-state index is -1.00. The molecule has 3 atom stereocenters. The lowest BCUT2D eigenvalue weighted by molar-refractivity contribution is -0.136. The highest BCUT2D eigenvalue weighted by atomic mass is 16.3. The van der Waals surface area contributed by atoms with Crippen LogP contribution in [-0.4, -0.2) is 88.1 Å². The molecular weight excluding hydrogens is 719 g/mol. The molecule has 1 spiro atoms. The maximum absolute atomic E-state index is 13.5. The highest BCUT2D eigenvalue weighted by Gasteiger charge is 2.47. The number of aromatic hydroxyl groups is 1. The topological polar surface area (TPSA) is 131 Å². The molecule has 290 valence electrons. The number of anilines is 1. The molecule has 11 heteroatoms. The van der Waals surface area contributed by atoms with E-state index in [1.165, 1.54) is 27.9 Å². The molecule has 11 nitrogen and oxygen atoms in total. The fourth-order valence-electron chi connectivity index (χ4n) is 10.5. The van der Waals surface area contributed by atoms with Crippen molar-refractivity contribution in [3.63, 3.8) is 0 Å². The molecule has 0 saturated carbocycles. The summed E-state index contributed by atoms with van der Waals surface area (Å²) in [7, 11) is 0. The van der Waals surface area contributed by atoms with Gasteiger partial charge in [0.05, 0.1) is 17.7 Å². The van der Waals surface area contributed by atoms with Crippen LogP contribution in [0, 0.1) is 5.41 Å². The van der Waals surface area contributed by atoms with Gasteiger partial charge < -0.3 is 14.9 Å². The van der Waals surface area contributed by atoms with Gasteiger partial charge in [-0.1, -0.05) is 48.5 Å². The molecule has 2 N–H and O–H groups in total. The zero-order valence-corrected chi connectivity index (χ0v) is 31.8. The molecule has 4 aromatic carbocycles. The van der Waals surface area contributed by atoms with Crippen LogP contribution in [0.25, 0.3) is 0 Å². The van der Waals surface area contributed by atoms with Crippen LogP contribution in [0.3, 0.4) is 0 Å². The van der Waals surface area contributed by atoms with Crippen LogP contribution in [0.1, 0.15) is 98.0 Å². The summed E-state index contributed by atoms with van der Waals surface area (Å²) in [6, 6.07) is 28.2. The number of likely N-dealkylation sites (tertiary alicyclic amines) is 1. The number of imide groups is 2. The van der Waals surface area contributed by atoms with Gasteiger partial charge in [0.15, 0.2) is 0 Å². The lowest BCUT2D eigenvalue weighted by Gasteiger charge is -2.55. The average molecular weight is 764 g/mol. The SMILES string of the molecule is O=C1CCC(N2C(=O)c3cc4c(cc3C2=O)CN(C(=O)CN2CCC3(CC2)CN(c2ccc([C@@H]5c6ccc(O)cc6CC[C@@H]5c5ccccc5)cc2)C3)C4)C(=O)N1. The average Bonchev–Trinajstić information content (AvgIpc) is 3.74. The quantitative estimate of drug-likeness (QED) is 0.260. The Morgan fingerprint density at radius 2 is 1.44 bits per heavy atom. The number of amides is 5.